The van der Waals surface area contributed by atoms with E-state index in [9.17, 15) is 0 Å². The summed E-state index contributed by atoms with van der Waals surface area (Å²) in [6.45, 7) is 14.6. The van der Waals surface area contributed by atoms with Crippen molar-refractivity contribution in [3.63, 3.8) is 0 Å². The minimum absolute atomic E-state index is 1.26. The largest absolute Gasteiger partial charge is 0.152 e. The van der Waals surface area contributed by atoms with Crippen molar-refractivity contribution < 1.29 is 0 Å². The second kappa shape index (κ2) is 5.04. The van der Waals surface area contributed by atoms with E-state index < -0.39 is 16.1 Å². The lowest BCUT2D eigenvalue weighted by molar-refractivity contribution is 1.65. The van der Waals surface area contributed by atoms with Crippen LogP contribution in [0.2, 0.25) is 39.3 Å². The second-order valence-electron chi connectivity index (χ2n) is 7.24. The van der Waals surface area contributed by atoms with E-state index in [-0.39, 0.29) is 0 Å². The van der Waals surface area contributed by atoms with Crippen molar-refractivity contribution in [3.8, 4) is 11.1 Å². The van der Waals surface area contributed by atoms with Crippen LogP contribution in [0.25, 0.3) is 11.1 Å². The monoisotopic (exact) mass is 304 g/mol. The Kier molecular flexibility index (Phi) is 3.91. The predicted octanol–water partition coefficient (Wildman–Crippen LogP) is 4.51. The van der Waals surface area contributed by atoms with Crippen molar-refractivity contribution in [1.29, 1.82) is 0 Å². The Morgan fingerprint density at radius 1 is 0.684 bits per heavy atom. The Hall–Kier alpha value is -0.646. The number of hydrogen-bond acceptors (Lipinski definition) is 1. The summed E-state index contributed by atoms with van der Waals surface area (Å²) in [5.41, 5.74) is 2.99. The highest BCUT2D eigenvalue weighted by Crippen LogP contribution is 2.24. The highest BCUT2D eigenvalue weighted by Gasteiger charge is 2.26. The van der Waals surface area contributed by atoms with Crippen molar-refractivity contribution in [2.45, 2.75) is 39.3 Å². The topological polar surface area (TPSA) is 0 Å². The Balaban J connectivity index is 2.65. The molecule has 0 aliphatic carbocycles. The molecule has 2 aromatic rings. The molecule has 0 aliphatic rings. The van der Waals surface area contributed by atoms with Gasteiger partial charge in [-0.2, -0.15) is 11.3 Å². The zero-order valence-corrected chi connectivity index (χ0v) is 15.7. The molecular formula is C16H24SSi2. The summed E-state index contributed by atoms with van der Waals surface area (Å²) < 4.78 is 0. The summed E-state index contributed by atoms with van der Waals surface area (Å²) in [6.07, 6.45) is 0. The molecule has 19 heavy (non-hydrogen) atoms. The van der Waals surface area contributed by atoms with Crippen molar-refractivity contribution in [3.05, 3.63) is 35.0 Å². The van der Waals surface area contributed by atoms with Gasteiger partial charge in [0.25, 0.3) is 0 Å². The van der Waals surface area contributed by atoms with Crippen LogP contribution >= 0.6 is 11.3 Å². The van der Waals surface area contributed by atoms with Gasteiger partial charge in [0.2, 0.25) is 0 Å². The Labute approximate surface area is 123 Å². The number of thiophene rings is 1. The van der Waals surface area contributed by atoms with E-state index >= 15 is 0 Å². The molecule has 1 aromatic carbocycles. The zero-order chi connectivity index (χ0) is 14.3. The zero-order valence-electron chi connectivity index (χ0n) is 12.9. The highest BCUT2D eigenvalue weighted by molar-refractivity contribution is 7.11. The standard InChI is InChI=1S/C16H24SSi2/c1-18(2,3)15-10-8-7-9-13(15)14-11-17-12-16(14)19(4,5)6/h7-12H,1-6H3. The fourth-order valence-corrected chi connectivity index (χ4v) is 7.54. The molecule has 0 radical (unpaired) electrons. The lowest BCUT2D eigenvalue weighted by atomic mass is 10.1. The van der Waals surface area contributed by atoms with Gasteiger partial charge in [-0.3, -0.25) is 0 Å². The Morgan fingerprint density at radius 3 is 1.84 bits per heavy atom. The molecule has 0 N–H and O–H groups in total. The van der Waals surface area contributed by atoms with E-state index in [4.69, 9.17) is 0 Å². The van der Waals surface area contributed by atoms with Gasteiger partial charge in [-0.15, -0.1) is 0 Å². The van der Waals surface area contributed by atoms with Crippen LogP contribution in [0.1, 0.15) is 0 Å². The van der Waals surface area contributed by atoms with E-state index in [2.05, 4.69) is 74.3 Å². The quantitative estimate of drug-likeness (QED) is 0.732. The molecular weight excluding hydrogens is 280 g/mol. The van der Waals surface area contributed by atoms with Crippen LogP contribution in [0, 0.1) is 0 Å². The Bertz CT molecular complexity index is 571. The lowest BCUT2D eigenvalue weighted by Crippen LogP contribution is -2.42. The van der Waals surface area contributed by atoms with E-state index in [1.807, 2.05) is 11.3 Å². The van der Waals surface area contributed by atoms with Gasteiger partial charge in [-0.05, 0) is 27.1 Å². The van der Waals surface area contributed by atoms with E-state index in [0.717, 1.165) is 0 Å². The Morgan fingerprint density at radius 2 is 1.26 bits per heavy atom. The van der Waals surface area contributed by atoms with Gasteiger partial charge in [0.05, 0.1) is 16.1 Å². The van der Waals surface area contributed by atoms with Crippen LogP contribution in [0.3, 0.4) is 0 Å². The predicted molar refractivity (Wildman–Crippen MR) is 95.7 cm³/mol. The van der Waals surface area contributed by atoms with Crippen LogP contribution in [0.15, 0.2) is 35.0 Å². The molecule has 0 aliphatic heterocycles. The molecule has 0 amide bonds. The summed E-state index contributed by atoms with van der Waals surface area (Å²) >= 11 is 1.86. The summed E-state index contributed by atoms with van der Waals surface area (Å²) in [5, 5.41) is 7.94. The van der Waals surface area contributed by atoms with Gasteiger partial charge < -0.3 is 0 Å². The first-order valence-electron chi connectivity index (χ1n) is 6.88. The molecule has 2 rings (SSSR count). The van der Waals surface area contributed by atoms with Gasteiger partial charge in [-0.1, -0.05) is 68.7 Å². The average molecular weight is 305 g/mol. The van der Waals surface area contributed by atoms with Gasteiger partial charge in [0.15, 0.2) is 0 Å². The fourth-order valence-electron chi connectivity index (χ4n) is 2.46. The number of benzene rings is 1. The van der Waals surface area contributed by atoms with E-state index in [1.54, 1.807) is 10.4 Å². The second-order valence-corrected chi connectivity index (χ2v) is 18.1. The molecule has 0 fully saturated rings. The third kappa shape index (κ3) is 3.10. The molecule has 0 atom stereocenters. The third-order valence-corrected chi connectivity index (χ3v) is 8.53. The number of hydrogen-bond donors (Lipinski definition) is 0. The van der Waals surface area contributed by atoms with Crippen molar-refractivity contribution >= 4 is 37.9 Å². The first kappa shape index (κ1) is 14.8. The average Bonchev–Trinajstić information content (AvgIpc) is 2.76. The molecule has 102 valence electrons. The van der Waals surface area contributed by atoms with Crippen LogP contribution in [0.4, 0.5) is 0 Å². The maximum atomic E-state index is 2.44. The minimum atomic E-state index is -1.30. The number of rotatable bonds is 3. The lowest BCUT2D eigenvalue weighted by Gasteiger charge is -2.23. The van der Waals surface area contributed by atoms with Gasteiger partial charge in [0.1, 0.15) is 0 Å². The summed E-state index contributed by atoms with van der Waals surface area (Å²) in [4.78, 5) is 0. The molecule has 1 heterocycles. The smallest absolute Gasteiger partial charge is 0.0795 e. The minimum Gasteiger partial charge on any atom is -0.152 e. The van der Waals surface area contributed by atoms with Gasteiger partial charge >= 0.3 is 0 Å². The molecule has 0 bridgehead atoms. The maximum Gasteiger partial charge on any atom is 0.0795 e. The first-order chi connectivity index (χ1) is 8.71. The molecule has 1 aromatic heterocycles. The molecule has 0 unspecified atom stereocenters. The van der Waals surface area contributed by atoms with Gasteiger partial charge in [0, 0.05) is 0 Å². The van der Waals surface area contributed by atoms with E-state index in [1.165, 1.54) is 11.1 Å². The van der Waals surface area contributed by atoms with Crippen LogP contribution in [-0.2, 0) is 0 Å². The summed E-state index contributed by atoms with van der Waals surface area (Å²) in [7, 11) is -2.56. The van der Waals surface area contributed by atoms with Crippen LogP contribution < -0.4 is 10.4 Å². The molecule has 0 nitrogen and oxygen atoms in total. The fraction of sp³-hybridized carbons (Fsp3) is 0.375. The first-order valence-corrected chi connectivity index (χ1v) is 14.8. The van der Waals surface area contributed by atoms with Crippen molar-refractivity contribution in [1.82, 2.24) is 0 Å². The summed E-state index contributed by atoms with van der Waals surface area (Å²) in [6, 6.07) is 9.04. The molecule has 3 heteroatoms. The molecule has 0 saturated carbocycles. The molecule has 0 saturated heterocycles. The SMILES string of the molecule is C[Si](C)(C)c1ccccc1-c1cscc1[Si](C)(C)C. The van der Waals surface area contributed by atoms with E-state index in [0.29, 0.717) is 0 Å². The highest BCUT2D eigenvalue weighted by atomic mass is 32.1. The maximum absolute atomic E-state index is 2.44. The van der Waals surface area contributed by atoms with Crippen LogP contribution in [-0.4, -0.2) is 16.1 Å². The van der Waals surface area contributed by atoms with Crippen LogP contribution in [0.5, 0.6) is 0 Å². The summed E-state index contributed by atoms with van der Waals surface area (Å²) in [5.74, 6) is 0. The normalized spacial score (nSPS) is 12.7. The van der Waals surface area contributed by atoms with Crippen molar-refractivity contribution in [2.75, 3.05) is 0 Å². The van der Waals surface area contributed by atoms with Gasteiger partial charge in [-0.25, -0.2) is 0 Å². The molecule has 0 spiro atoms. The van der Waals surface area contributed by atoms with Crippen molar-refractivity contribution in [2.24, 2.45) is 0 Å². The third-order valence-electron chi connectivity index (χ3n) is 3.50.